The zero-order valence-electron chi connectivity index (χ0n) is 19.1. The fourth-order valence-corrected chi connectivity index (χ4v) is 5.88. The fourth-order valence-electron chi connectivity index (χ4n) is 4.79. The minimum absolute atomic E-state index is 0.260. The lowest BCUT2D eigenvalue weighted by Gasteiger charge is -2.32. The van der Waals surface area contributed by atoms with Gasteiger partial charge in [-0.05, 0) is 31.0 Å². The van der Waals surface area contributed by atoms with Gasteiger partial charge in [-0.15, -0.1) is 0 Å². The Bertz CT molecular complexity index is 1690. The van der Waals surface area contributed by atoms with E-state index in [1.54, 1.807) is 47.0 Å². The van der Waals surface area contributed by atoms with E-state index in [1.165, 1.54) is 23.9 Å². The molecule has 0 atom stereocenters. The first-order chi connectivity index (χ1) is 16.7. The van der Waals surface area contributed by atoms with Crippen molar-refractivity contribution < 1.29 is 13.2 Å². The minimum Gasteiger partial charge on any atom is -0.494 e. The second kappa shape index (κ2) is 8.78. The fraction of sp³-hybridized carbons (Fsp3) is 0.292. The summed E-state index contributed by atoms with van der Waals surface area (Å²) in [4.78, 5) is 32.2. The van der Waals surface area contributed by atoms with Crippen LogP contribution in [0.1, 0.15) is 18.9 Å². The molecule has 1 aliphatic heterocycles. The van der Waals surface area contributed by atoms with E-state index in [1.807, 2.05) is 0 Å². The van der Waals surface area contributed by atoms with Gasteiger partial charge < -0.3 is 4.74 Å². The Hall–Kier alpha value is -3.21. The number of halogens is 1. The van der Waals surface area contributed by atoms with Crippen molar-refractivity contribution in [1.29, 1.82) is 0 Å². The summed E-state index contributed by atoms with van der Waals surface area (Å²) in [6.07, 6.45) is 3.46. The molecule has 0 unspecified atom stereocenters. The van der Waals surface area contributed by atoms with Gasteiger partial charge in [0.15, 0.2) is 0 Å². The number of para-hydroxylation sites is 2. The van der Waals surface area contributed by atoms with Crippen molar-refractivity contribution in [3.05, 3.63) is 74.5 Å². The van der Waals surface area contributed by atoms with Crippen LogP contribution >= 0.6 is 11.6 Å². The molecule has 4 aromatic rings. The average molecular weight is 515 g/mol. The van der Waals surface area contributed by atoms with Crippen LogP contribution in [-0.2, 0) is 10.0 Å². The van der Waals surface area contributed by atoms with Crippen molar-refractivity contribution in [1.82, 2.24) is 18.4 Å². The van der Waals surface area contributed by atoms with Gasteiger partial charge in [-0.1, -0.05) is 35.9 Å². The average Bonchev–Trinajstić information content (AvgIpc) is 2.84. The number of ether oxygens (including phenoxy) is 1. The molecule has 2 aromatic heterocycles. The molecular formula is C24H23ClN4O5S. The van der Waals surface area contributed by atoms with Gasteiger partial charge in [-0.25, -0.2) is 22.1 Å². The third kappa shape index (κ3) is 3.91. The van der Waals surface area contributed by atoms with E-state index in [-0.39, 0.29) is 35.2 Å². The summed E-state index contributed by atoms with van der Waals surface area (Å²) in [6, 6.07) is 11.7. The van der Waals surface area contributed by atoms with Crippen LogP contribution in [0, 0.1) is 0 Å². The Kier molecular flexibility index (Phi) is 5.90. The third-order valence-corrected chi connectivity index (χ3v) is 8.10. The quantitative estimate of drug-likeness (QED) is 0.388. The topological polar surface area (TPSA) is 104 Å². The highest BCUT2D eigenvalue weighted by molar-refractivity contribution is 7.88. The second-order valence-corrected chi connectivity index (χ2v) is 10.9. The lowest BCUT2D eigenvalue weighted by molar-refractivity contribution is 0.273. The highest BCUT2D eigenvalue weighted by Crippen LogP contribution is 2.32. The number of rotatable bonds is 4. The summed E-state index contributed by atoms with van der Waals surface area (Å²) < 4.78 is 33.6. The highest BCUT2D eigenvalue weighted by atomic mass is 35.5. The van der Waals surface area contributed by atoms with Gasteiger partial charge in [0.05, 0.1) is 35.0 Å². The van der Waals surface area contributed by atoms with E-state index in [9.17, 15) is 18.0 Å². The number of methoxy groups -OCH3 is 1. The smallest absolute Gasteiger partial charge is 0.336 e. The predicted octanol–water partition coefficient (Wildman–Crippen LogP) is 2.96. The predicted molar refractivity (Wildman–Crippen MR) is 135 cm³/mol. The minimum atomic E-state index is -3.34. The molecule has 1 fully saturated rings. The van der Waals surface area contributed by atoms with Crippen LogP contribution in [0.5, 0.6) is 5.75 Å². The van der Waals surface area contributed by atoms with Gasteiger partial charge in [0.1, 0.15) is 11.3 Å². The number of sulfonamides is 1. The lowest BCUT2D eigenvalue weighted by Crippen LogP contribution is -2.44. The molecule has 2 aromatic carbocycles. The van der Waals surface area contributed by atoms with Crippen molar-refractivity contribution in [2.24, 2.45) is 0 Å². The van der Waals surface area contributed by atoms with Gasteiger partial charge in [0.2, 0.25) is 10.0 Å². The van der Waals surface area contributed by atoms with Gasteiger partial charge in [-0.3, -0.25) is 14.3 Å². The molecule has 0 spiro atoms. The van der Waals surface area contributed by atoms with E-state index in [4.69, 9.17) is 16.3 Å². The number of pyridine rings is 1. The van der Waals surface area contributed by atoms with Crippen LogP contribution in [0.2, 0.25) is 5.02 Å². The monoisotopic (exact) mass is 514 g/mol. The maximum atomic E-state index is 14.0. The van der Waals surface area contributed by atoms with Crippen LogP contribution < -0.4 is 16.0 Å². The number of fused-ring (bicyclic) bond motifs is 3. The maximum absolute atomic E-state index is 14.0. The molecule has 0 aliphatic carbocycles. The number of piperidine rings is 1. The van der Waals surface area contributed by atoms with E-state index >= 15 is 0 Å². The summed E-state index contributed by atoms with van der Waals surface area (Å²) in [5.41, 5.74) is 0.187. The molecule has 0 N–H and O–H groups in total. The lowest BCUT2D eigenvalue weighted by atomic mass is 10.0. The third-order valence-electron chi connectivity index (χ3n) is 6.47. The number of aromatic nitrogens is 3. The molecule has 11 heteroatoms. The number of benzene rings is 2. The van der Waals surface area contributed by atoms with Crippen molar-refractivity contribution in [3.63, 3.8) is 0 Å². The zero-order valence-corrected chi connectivity index (χ0v) is 20.7. The van der Waals surface area contributed by atoms with Crippen LogP contribution in [-0.4, -0.2) is 53.3 Å². The molecule has 0 amide bonds. The first kappa shape index (κ1) is 23.5. The second-order valence-electron chi connectivity index (χ2n) is 8.51. The number of hydrogen-bond acceptors (Lipinski definition) is 6. The summed E-state index contributed by atoms with van der Waals surface area (Å²) in [5, 5.41) is 1.13. The van der Waals surface area contributed by atoms with Crippen LogP contribution in [0.15, 0.2) is 58.3 Å². The molecule has 0 radical (unpaired) electrons. The summed E-state index contributed by atoms with van der Waals surface area (Å²) in [5.74, 6) is 0.519. The van der Waals surface area contributed by atoms with Crippen LogP contribution in [0.25, 0.3) is 27.5 Å². The molecule has 5 rings (SSSR count). The standard InChI is InChI=1S/C24H23ClN4O5S/c1-34-20-9-5-6-16-21(20)26-14-17-22(16)28(15-10-12-27(13-11-15)35(2,32)33)24(31)29(23(17)30)19-8-4-3-7-18(19)25/h3-9,14-15H,10-13H2,1-2H3. The van der Waals surface area contributed by atoms with E-state index in [0.717, 1.165) is 4.57 Å². The molecule has 1 saturated heterocycles. The Morgan fingerprint density at radius 3 is 2.40 bits per heavy atom. The van der Waals surface area contributed by atoms with Crippen LogP contribution in [0.4, 0.5) is 0 Å². The van der Waals surface area contributed by atoms with Gasteiger partial charge in [0, 0.05) is 30.7 Å². The highest BCUT2D eigenvalue weighted by Gasteiger charge is 2.30. The normalized spacial score (nSPS) is 15.6. The first-order valence-corrected chi connectivity index (χ1v) is 13.3. The maximum Gasteiger partial charge on any atom is 0.336 e. The Balaban J connectivity index is 1.86. The molecule has 35 heavy (non-hydrogen) atoms. The Labute approximate surface area is 206 Å². The molecule has 0 bridgehead atoms. The van der Waals surface area contributed by atoms with Crippen molar-refractivity contribution in [2.45, 2.75) is 18.9 Å². The summed E-state index contributed by atoms with van der Waals surface area (Å²) >= 11 is 6.38. The molecule has 0 saturated carbocycles. The number of nitrogens with zero attached hydrogens (tertiary/aromatic N) is 4. The molecule has 182 valence electrons. The first-order valence-electron chi connectivity index (χ1n) is 11.1. The van der Waals surface area contributed by atoms with E-state index in [2.05, 4.69) is 4.98 Å². The molecule has 9 nitrogen and oxygen atoms in total. The Morgan fingerprint density at radius 1 is 1.03 bits per heavy atom. The van der Waals surface area contributed by atoms with Crippen LogP contribution in [0.3, 0.4) is 0 Å². The zero-order chi connectivity index (χ0) is 24.9. The summed E-state index contributed by atoms with van der Waals surface area (Å²) in [6.45, 7) is 0.546. The van der Waals surface area contributed by atoms with Crippen molar-refractivity contribution >= 4 is 43.4 Å². The SMILES string of the molecule is COc1cccc2c1ncc1c(=O)n(-c3ccccc3Cl)c(=O)n(C3CCN(S(C)(=O)=O)CC3)c12. The van der Waals surface area contributed by atoms with Gasteiger partial charge in [0.25, 0.3) is 5.56 Å². The molecular weight excluding hydrogens is 492 g/mol. The van der Waals surface area contributed by atoms with Gasteiger partial charge >= 0.3 is 5.69 Å². The van der Waals surface area contributed by atoms with E-state index < -0.39 is 21.3 Å². The van der Waals surface area contributed by atoms with Gasteiger partial charge in [-0.2, -0.15) is 0 Å². The van der Waals surface area contributed by atoms with Crippen molar-refractivity contribution in [3.8, 4) is 11.4 Å². The Morgan fingerprint density at radius 2 is 1.74 bits per heavy atom. The summed E-state index contributed by atoms with van der Waals surface area (Å²) in [7, 11) is -1.81. The molecule has 3 heterocycles. The van der Waals surface area contributed by atoms with E-state index in [0.29, 0.717) is 35.0 Å². The molecule has 1 aliphatic rings. The number of hydrogen-bond donors (Lipinski definition) is 0. The van der Waals surface area contributed by atoms with Crippen molar-refractivity contribution in [2.75, 3.05) is 26.5 Å². The largest absolute Gasteiger partial charge is 0.494 e.